The number of nitrogens with zero attached hydrogens (tertiary/aromatic N) is 1. The number of hydrogen-bond acceptors (Lipinski definition) is 3. The van der Waals surface area contributed by atoms with Gasteiger partial charge in [0.25, 0.3) is 0 Å². The summed E-state index contributed by atoms with van der Waals surface area (Å²) in [6.45, 7) is 5.62. The van der Waals surface area contributed by atoms with E-state index in [0.29, 0.717) is 13.0 Å². The molecule has 0 saturated carbocycles. The molecule has 0 bridgehead atoms. The van der Waals surface area contributed by atoms with Gasteiger partial charge >= 0.3 is 0 Å². The van der Waals surface area contributed by atoms with E-state index in [2.05, 4.69) is 19.9 Å². The maximum Gasteiger partial charge on any atom is 0.222 e. The van der Waals surface area contributed by atoms with Crippen LogP contribution in [0.5, 0.6) is 5.75 Å². The lowest BCUT2D eigenvalue weighted by atomic mass is 9.98. The van der Waals surface area contributed by atoms with Gasteiger partial charge in [-0.1, -0.05) is 12.1 Å². The highest BCUT2D eigenvalue weighted by Gasteiger charge is 2.26. The highest BCUT2D eigenvalue weighted by molar-refractivity contribution is 5.76. The van der Waals surface area contributed by atoms with Crippen molar-refractivity contribution in [3.05, 3.63) is 29.8 Å². The van der Waals surface area contributed by atoms with Crippen LogP contribution >= 0.6 is 0 Å². The molecule has 1 aromatic carbocycles. The van der Waals surface area contributed by atoms with Crippen LogP contribution in [0.15, 0.2) is 24.3 Å². The van der Waals surface area contributed by atoms with Crippen molar-refractivity contribution in [3.63, 3.8) is 0 Å². The molecule has 1 fully saturated rings. The number of nitrogens with two attached hydrogens (primary N) is 1. The van der Waals surface area contributed by atoms with Crippen LogP contribution in [0.4, 0.5) is 0 Å². The highest BCUT2D eigenvalue weighted by atomic mass is 16.5. The van der Waals surface area contributed by atoms with Gasteiger partial charge in [0.2, 0.25) is 5.91 Å². The van der Waals surface area contributed by atoms with Crippen LogP contribution < -0.4 is 10.5 Å². The van der Waals surface area contributed by atoms with Gasteiger partial charge in [-0.2, -0.15) is 0 Å². The molecule has 2 atom stereocenters. The van der Waals surface area contributed by atoms with Crippen molar-refractivity contribution < 1.29 is 9.53 Å². The Kier molecular flexibility index (Phi) is 6.25. The molecule has 1 aromatic rings. The van der Waals surface area contributed by atoms with E-state index in [1.165, 1.54) is 5.56 Å². The van der Waals surface area contributed by atoms with Crippen molar-refractivity contribution in [1.82, 2.24) is 4.90 Å². The van der Waals surface area contributed by atoms with Gasteiger partial charge in [-0.25, -0.2) is 0 Å². The van der Waals surface area contributed by atoms with Crippen LogP contribution in [0.25, 0.3) is 0 Å². The smallest absolute Gasteiger partial charge is 0.222 e. The van der Waals surface area contributed by atoms with Crippen molar-refractivity contribution in [2.24, 2.45) is 5.73 Å². The van der Waals surface area contributed by atoms with Crippen molar-refractivity contribution >= 4 is 5.91 Å². The molecule has 1 saturated heterocycles. The van der Waals surface area contributed by atoms with Crippen LogP contribution in [0, 0.1) is 6.92 Å². The fraction of sp³-hybridized carbons (Fsp3) is 0.611. The lowest BCUT2D eigenvalue weighted by Gasteiger charge is -2.36. The number of carbonyl (C=O) groups excluding carboxylic acids is 1. The zero-order chi connectivity index (χ0) is 15.9. The number of unbranched alkanes of at least 4 members (excludes halogenated alkanes) is 1. The first-order valence-corrected chi connectivity index (χ1v) is 8.31. The average molecular weight is 304 g/mol. The van der Waals surface area contributed by atoms with Crippen molar-refractivity contribution in [2.45, 2.75) is 58.0 Å². The molecule has 2 rings (SSSR count). The number of piperidine rings is 1. The Balaban J connectivity index is 1.63. The maximum absolute atomic E-state index is 12.2. The monoisotopic (exact) mass is 304 g/mol. The summed E-state index contributed by atoms with van der Waals surface area (Å²) in [7, 11) is 0. The summed E-state index contributed by atoms with van der Waals surface area (Å²) in [5.74, 6) is 1.17. The molecule has 0 radical (unpaired) electrons. The molecule has 2 N–H and O–H groups in total. The Labute approximate surface area is 133 Å². The van der Waals surface area contributed by atoms with Crippen LogP contribution in [0.1, 0.15) is 44.6 Å². The molecule has 1 amide bonds. The average Bonchev–Trinajstić information content (AvgIpc) is 2.46. The molecule has 0 aliphatic carbocycles. The molecule has 1 heterocycles. The molecule has 2 unspecified atom stereocenters. The Bertz CT molecular complexity index is 490. The summed E-state index contributed by atoms with van der Waals surface area (Å²) in [5, 5.41) is 0. The quantitative estimate of drug-likeness (QED) is 0.822. The third-order valence-corrected chi connectivity index (χ3v) is 4.28. The first-order valence-electron chi connectivity index (χ1n) is 8.31. The number of ether oxygens (including phenoxy) is 1. The van der Waals surface area contributed by atoms with E-state index < -0.39 is 0 Å². The summed E-state index contributed by atoms with van der Waals surface area (Å²) in [4.78, 5) is 14.2. The molecule has 1 aliphatic rings. The zero-order valence-electron chi connectivity index (χ0n) is 13.8. The van der Waals surface area contributed by atoms with E-state index in [-0.39, 0.29) is 18.0 Å². The van der Waals surface area contributed by atoms with Gasteiger partial charge in [0.15, 0.2) is 0 Å². The van der Waals surface area contributed by atoms with Crippen molar-refractivity contribution in [1.29, 1.82) is 0 Å². The number of rotatable bonds is 6. The molecule has 1 aliphatic heterocycles. The second kappa shape index (κ2) is 8.18. The Morgan fingerprint density at radius 1 is 1.41 bits per heavy atom. The predicted molar refractivity (Wildman–Crippen MR) is 88.9 cm³/mol. The van der Waals surface area contributed by atoms with Gasteiger partial charge in [0, 0.05) is 25.0 Å². The number of hydrogen-bond donors (Lipinski definition) is 1. The van der Waals surface area contributed by atoms with Crippen LogP contribution in [-0.2, 0) is 4.79 Å². The minimum Gasteiger partial charge on any atom is -0.494 e. The molecule has 122 valence electrons. The Hall–Kier alpha value is -1.55. The van der Waals surface area contributed by atoms with Crippen LogP contribution in [0.2, 0.25) is 0 Å². The van der Waals surface area contributed by atoms with Crippen LogP contribution in [0.3, 0.4) is 0 Å². The van der Waals surface area contributed by atoms with Crippen molar-refractivity contribution in [2.75, 3.05) is 13.2 Å². The number of amides is 1. The maximum atomic E-state index is 12.2. The van der Waals surface area contributed by atoms with E-state index in [4.69, 9.17) is 10.5 Å². The fourth-order valence-corrected chi connectivity index (χ4v) is 3.00. The minimum atomic E-state index is 0.252. The zero-order valence-corrected chi connectivity index (χ0v) is 13.8. The van der Waals surface area contributed by atoms with Gasteiger partial charge in [-0.05, 0) is 57.2 Å². The standard InChI is InChI=1S/C18H28N2O2/c1-14-6-5-7-17(12-14)22-11-4-3-8-18(21)20-10-9-16(19)13-15(20)2/h5-7,12,15-16H,3-4,8-11,13,19H2,1-2H3. The van der Waals surface area contributed by atoms with E-state index in [9.17, 15) is 4.79 Å². The normalized spacial score (nSPS) is 21.7. The summed E-state index contributed by atoms with van der Waals surface area (Å²) >= 11 is 0. The second-order valence-electron chi connectivity index (χ2n) is 6.34. The first kappa shape index (κ1) is 16.8. The third kappa shape index (κ3) is 5.02. The second-order valence-corrected chi connectivity index (χ2v) is 6.34. The molecule has 22 heavy (non-hydrogen) atoms. The largest absolute Gasteiger partial charge is 0.494 e. The topological polar surface area (TPSA) is 55.6 Å². The highest BCUT2D eigenvalue weighted by Crippen LogP contribution is 2.18. The van der Waals surface area contributed by atoms with Crippen molar-refractivity contribution in [3.8, 4) is 5.75 Å². The molecule has 4 heteroatoms. The SMILES string of the molecule is Cc1cccc(OCCCCC(=O)N2CCC(N)CC2C)c1. The first-order chi connectivity index (χ1) is 10.6. The van der Waals surface area contributed by atoms with Gasteiger partial charge in [-0.15, -0.1) is 0 Å². The van der Waals surface area contributed by atoms with Gasteiger partial charge in [0.1, 0.15) is 5.75 Å². The number of likely N-dealkylation sites (tertiary alicyclic amines) is 1. The van der Waals surface area contributed by atoms with Gasteiger partial charge < -0.3 is 15.4 Å². The molecule has 4 nitrogen and oxygen atoms in total. The third-order valence-electron chi connectivity index (χ3n) is 4.28. The lowest BCUT2D eigenvalue weighted by molar-refractivity contribution is -0.134. The van der Waals surface area contributed by atoms with Crippen LogP contribution in [-0.4, -0.2) is 36.0 Å². The lowest BCUT2D eigenvalue weighted by Crippen LogP contribution is -2.48. The minimum absolute atomic E-state index is 0.252. The van der Waals surface area contributed by atoms with E-state index in [1.54, 1.807) is 0 Å². The number of carbonyl (C=O) groups is 1. The molecule has 0 spiro atoms. The summed E-state index contributed by atoms with van der Waals surface area (Å²) < 4.78 is 5.71. The molecular formula is C18H28N2O2. The van der Waals surface area contributed by atoms with E-state index in [0.717, 1.165) is 38.0 Å². The molecule has 0 aromatic heterocycles. The Morgan fingerprint density at radius 3 is 2.95 bits per heavy atom. The van der Waals surface area contributed by atoms with E-state index >= 15 is 0 Å². The van der Waals surface area contributed by atoms with Gasteiger partial charge in [0.05, 0.1) is 6.61 Å². The number of benzene rings is 1. The number of aryl methyl sites for hydroxylation is 1. The summed E-state index contributed by atoms with van der Waals surface area (Å²) in [5.41, 5.74) is 7.14. The summed E-state index contributed by atoms with van der Waals surface area (Å²) in [6, 6.07) is 8.58. The van der Waals surface area contributed by atoms with Gasteiger partial charge in [-0.3, -0.25) is 4.79 Å². The van der Waals surface area contributed by atoms with E-state index in [1.807, 2.05) is 23.1 Å². The predicted octanol–water partition coefficient (Wildman–Crippen LogP) is 2.88. The Morgan fingerprint density at radius 2 is 2.23 bits per heavy atom. The molecular weight excluding hydrogens is 276 g/mol. The fourth-order valence-electron chi connectivity index (χ4n) is 3.00. The summed E-state index contributed by atoms with van der Waals surface area (Å²) in [6.07, 6.45) is 4.23.